The van der Waals surface area contributed by atoms with E-state index in [4.69, 9.17) is 4.52 Å². The van der Waals surface area contributed by atoms with E-state index in [0.29, 0.717) is 30.2 Å². The van der Waals surface area contributed by atoms with Gasteiger partial charge < -0.3 is 19.7 Å². The predicted octanol–water partition coefficient (Wildman–Crippen LogP) is 3.64. The smallest absolute Gasteiger partial charge is 0.292 e. The first-order valence-electron chi connectivity index (χ1n) is 9.65. The van der Waals surface area contributed by atoms with E-state index in [-0.39, 0.29) is 11.7 Å². The fraction of sp³-hybridized carbons (Fsp3) is 0.333. The van der Waals surface area contributed by atoms with Crippen molar-refractivity contribution in [3.63, 3.8) is 0 Å². The Hall–Kier alpha value is -3.42. The molecule has 8 heteroatoms. The van der Waals surface area contributed by atoms with Gasteiger partial charge in [-0.15, -0.1) is 0 Å². The molecule has 8 nitrogen and oxygen atoms in total. The molecule has 3 aromatic rings. The van der Waals surface area contributed by atoms with Gasteiger partial charge in [-0.3, -0.25) is 9.59 Å². The second-order valence-corrected chi connectivity index (χ2v) is 7.39. The van der Waals surface area contributed by atoms with Crippen LogP contribution in [-0.2, 0) is 13.0 Å². The van der Waals surface area contributed by atoms with Gasteiger partial charge in [0.1, 0.15) is 5.76 Å². The third kappa shape index (κ3) is 3.78. The van der Waals surface area contributed by atoms with Gasteiger partial charge in [-0.25, -0.2) is 4.98 Å². The van der Waals surface area contributed by atoms with Crippen molar-refractivity contribution in [1.29, 1.82) is 0 Å². The van der Waals surface area contributed by atoms with Crippen molar-refractivity contribution in [3.8, 4) is 0 Å². The summed E-state index contributed by atoms with van der Waals surface area (Å²) in [5.41, 5.74) is 3.86. The van der Waals surface area contributed by atoms with E-state index in [9.17, 15) is 9.59 Å². The summed E-state index contributed by atoms with van der Waals surface area (Å²) in [6, 6.07) is 7.52. The molecule has 2 aromatic heterocycles. The molecule has 0 fully saturated rings. The number of fused-ring (bicyclic) bond motifs is 1. The number of carbonyl (C=O) groups is 2. The lowest BCUT2D eigenvalue weighted by atomic mass is 10.1. The maximum absolute atomic E-state index is 13.0. The van der Waals surface area contributed by atoms with Crippen LogP contribution in [0.25, 0.3) is 0 Å². The normalized spacial score (nSPS) is 13.1. The molecule has 1 aromatic carbocycles. The number of benzene rings is 1. The lowest BCUT2D eigenvalue weighted by molar-refractivity contribution is 0.101. The van der Waals surface area contributed by atoms with Gasteiger partial charge in [0.2, 0.25) is 0 Å². The third-order valence-electron chi connectivity index (χ3n) is 5.05. The van der Waals surface area contributed by atoms with Gasteiger partial charge in [-0.05, 0) is 57.2 Å². The molecule has 1 aliphatic heterocycles. The van der Waals surface area contributed by atoms with Gasteiger partial charge in [0, 0.05) is 18.3 Å². The Morgan fingerprint density at radius 1 is 1.07 bits per heavy atom. The summed E-state index contributed by atoms with van der Waals surface area (Å²) in [5, 5.41) is 9.42. The number of anilines is 2. The molecule has 3 heterocycles. The molecule has 0 saturated carbocycles. The van der Waals surface area contributed by atoms with Crippen LogP contribution in [0.3, 0.4) is 0 Å². The van der Waals surface area contributed by atoms with Crippen LogP contribution >= 0.6 is 0 Å². The van der Waals surface area contributed by atoms with Crippen LogP contribution in [-0.4, -0.2) is 26.5 Å². The maximum atomic E-state index is 13.0. The lowest BCUT2D eigenvalue weighted by Gasteiger charge is -2.17. The Kier molecular flexibility index (Phi) is 4.92. The molecule has 29 heavy (non-hydrogen) atoms. The molecule has 1 aliphatic rings. The second kappa shape index (κ2) is 7.54. The van der Waals surface area contributed by atoms with Crippen LogP contribution in [0.2, 0.25) is 0 Å². The number of rotatable bonds is 4. The molecule has 2 N–H and O–H groups in total. The SMILES string of the molecule is Cc1ccc(C)c(NC(=O)c2nc(C(=O)Nc3cc(C)on3)n3c2CCCC3)c1. The van der Waals surface area contributed by atoms with Gasteiger partial charge in [-0.1, -0.05) is 17.3 Å². The fourth-order valence-corrected chi connectivity index (χ4v) is 3.55. The van der Waals surface area contributed by atoms with E-state index in [0.717, 1.165) is 35.3 Å². The Labute approximate surface area is 168 Å². The van der Waals surface area contributed by atoms with Crippen molar-refractivity contribution in [2.45, 2.75) is 46.6 Å². The first kappa shape index (κ1) is 18.9. The highest BCUT2D eigenvalue weighted by atomic mass is 16.5. The topological polar surface area (TPSA) is 102 Å². The van der Waals surface area contributed by atoms with Crippen molar-refractivity contribution in [1.82, 2.24) is 14.7 Å². The highest BCUT2D eigenvalue weighted by Crippen LogP contribution is 2.24. The van der Waals surface area contributed by atoms with Crippen LogP contribution in [0.15, 0.2) is 28.8 Å². The van der Waals surface area contributed by atoms with Crippen LogP contribution in [0, 0.1) is 20.8 Å². The van der Waals surface area contributed by atoms with E-state index < -0.39 is 5.91 Å². The van der Waals surface area contributed by atoms with Gasteiger partial charge in [0.05, 0.1) is 5.69 Å². The molecule has 0 bridgehead atoms. The number of hydrogen-bond donors (Lipinski definition) is 2. The largest absolute Gasteiger partial charge is 0.360 e. The monoisotopic (exact) mass is 393 g/mol. The molecule has 0 spiro atoms. The molecule has 0 unspecified atom stereocenters. The number of nitrogens with zero attached hydrogens (tertiary/aromatic N) is 3. The molecular formula is C21H23N5O3. The Bertz CT molecular complexity index is 1100. The van der Waals surface area contributed by atoms with E-state index >= 15 is 0 Å². The summed E-state index contributed by atoms with van der Waals surface area (Å²) in [6.07, 6.45) is 2.60. The summed E-state index contributed by atoms with van der Waals surface area (Å²) in [4.78, 5) is 30.2. The zero-order valence-electron chi connectivity index (χ0n) is 16.7. The molecule has 0 saturated heterocycles. The summed E-state index contributed by atoms with van der Waals surface area (Å²) in [5.74, 6) is 0.417. The van der Waals surface area contributed by atoms with Crippen LogP contribution in [0.4, 0.5) is 11.5 Å². The van der Waals surface area contributed by atoms with Crippen molar-refractivity contribution < 1.29 is 14.1 Å². The van der Waals surface area contributed by atoms with E-state index in [2.05, 4.69) is 20.8 Å². The maximum Gasteiger partial charge on any atom is 0.292 e. The highest BCUT2D eigenvalue weighted by molar-refractivity contribution is 6.07. The molecule has 0 radical (unpaired) electrons. The molecule has 2 amide bonds. The van der Waals surface area contributed by atoms with E-state index in [1.54, 1.807) is 13.0 Å². The molecule has 150 valence electrons. The van der Waals surface area contributed by atoms with Gasteiger partial charge in [0.15, 0.2) is 17.3 Å². The van der Waals surface area contributed by atoms with Gasteiger partial charge in [0.25, 0.3) is 11.8 Å². The van der Waals surface area contributed by atoms with Crippen LogP contribution in [0.1, 0.15) is 56.5 Å². The minimum Gasteiger partial charge on any atom is -0.360 e. The number of carbonyl (C=O) groups excluding carboxylic acids is 2. The number of hydrogen-bond acceptors (Lipinski definition) is 5. The number of nitrogens with one attached hydrogen (secondary N) is 2. The number of imidazole rings is 1. The zero-order valence-corrected chi connectivity index (χ0v) is 16.7. The number of aromatic nitrogens is 3. The minimum atomic E-state index is -0.410. The summed E-state index contributed by atoms with van der Waals surface area (Å²) in [7, 11) is 0. The quantitative estimate of drug-likeness (QED) is 0.705. The first-order chi connectivity index (χ1) is 13.9. The summed E-state index contributed by atoms with van der Waals surface area (Å²) >= 11 is 0. The standard InChI is InChI=1S/C21H23N5O3/c1-12-7-8-13(2)15(10-12)22-20(27)18-16-6-4-5-9-26(16)19(24-18)21(28)23-17-11-14(3)29-25-17/h7-8,10-11H,4-6,9H2,1-3H3,(H,22,27)(H,23,25,28). The lowest BCUT2D eigenvalue weighted by Crippen LogP contribution is -2.21. The van der Waals surface area contributed by atoms with Crippen molar-refractivity contribution >= 4 is 23.3 Å². The highest BCUT2D eigenvalue weighted by Gasteiger charge is 2.28. The third-order valence-corrected chi connectivity index (χ3v) is 5.05. The van der Waals surface area contributed by atoms with Crippen LogP contribution < -0.4 is 10.6 Å². The number of amides is 2. The number of aryl methyl sites for hydroxylation is 3. The van der Waals surface area contributed by atoms with E-state index in [1.807, 2.05) is 36.6 Å². The predicted molar refractivity (Wildman–Crippen MR) is 108 cm³/mol. The molecule has 0 atom stereocenters. The van der Waals surface area contributed by atoms with Gasteiger partial charge in [-0.2, -0.15) is 0 Å². The average molecular weight is 393 g/mol. The minimum absolute atomic E-state index is 0.214. The first-order valence-corrected chi connectivity index (χ1v) is 9.65. The molecule has 4 rings (SSSR count). The summed E-state index contributed by atoms with van der Waals surface area (Å²) in [6.45, 7) is 6.31. The Morgan fingerprint density at radius 2 is 1.90 bits per heavy atom. The van der Waals surface area contributed by atoms with Crippen molar-refractivity contribution in [3.05, 3.63) is 58.4 Å². The summed E-state index contributed by atoms with van der Waals surface area (Å²) < 4.78 is 6.83. The Balaban J connectivity index is 1.64. The fourth-order valence-electron chi connectivity index (χ4n) is 3.55. The molecule has 0 aliphatic carbocycles. The van der Waals surface area contributed by atoms with Crippen LogP contribution in [0.5, 0.6) is 0 Å². The average Bonchev–Trinajstić information content (AvgIpc) is 3.28. The molecular weight excluding hydrogens is 370 g/mol. The van der Waals surface area contributed by atoms with E-state index in [1.165, 1.54) is 0 Å². The second-order valence-electron chi connectivity index (χ2n) is 7.39. The van der Waals surface area contributed by atoms with Crippen molar-refractivity contribution in [2.24, 2.45) is 0 Å². The van der Waals surface area contributed by atoms with Crippen molar-refractivity contribution in [2.75, 3.05) is 10.6 Å². The van der Waals surface area contributed by atoms with Gasteiger partial charge >= 0.3 is 0 Å². The zero-order chi connectivity index (χ0) is 20.5. The Morgan fingerprint density at radius 3 is 2.66 bits per heavy atom.